The lowest BCUT2D eigenvalue weighted by Gasteiger charge is -2.34. The topological polar surface area (TPSA) is 12.4 Å². The van der Waals surface area contributed by atoms with E-state index in [4.69, 9.17) is 4.99 Å². The summed E-state index contributed by atoms with van der Waals surface area (Å²) >= 11 is 0. The van der Waals surface area contributed by atoms with Crippen molar-refractivity contribution in [3.05, 3.63) is 52.6 Å². The molecule has 1 heterocycles. The molecule has 1 atom stereocenters. The number of fused-ring (bicyclic) bond motifs is 4. The van der Waals surface area contributed by atoms with E-state index in [1.165, 1.54) is 35.3 Å². The Morgan fingerprint density at radius 3 is 2.76 bits per heavy atom. The van der Waals surface area contributed by atoms with Crippen molar-refractivity contribution in [2.75, 3.05) is 0 Å². The Morgan fingerprint density at radius 2 is 1.95 bits per heavy atom. The van der Waals surface area contributed by atoms with E-state index >= 15 is 0 Å². The minimum absolute atomic E-state index is 0.101. The summed E-state index contributed by atoms with van der Waals surface area (Å²) in [6.07, 6.45) is 9.26. The molecule has 1 aromatic carbocycles. The minimum Gasteiger partial charge on any atom is -0.273 e. The van der Waals surface area contributed by atoms with E-state index in [0.29, 0.717) is 5.41 Å². The average molecular weight is 277 g/mol. The molecule has 0 unspecified atom stereocenters. The number of rotatable bonds is 1. The highest BCUT2D eigenvalue weighted by atomic mass is 14.9. The number of hydrogen-bond donors (Lipinski definition) is 0. The van der Waals surface area contributed by atoms with E-state index in [0.717, 1.165) is 12.8 Å². The smallest absolute Gasteiger partial charge is 0.112 e. The number of allylic oxidation sites excluding steroid dienone is 1. The van der Waals surface area contributed by atoms with Gasteiger partial charge in [-0.2, -0.15) is 0 Å². The summed E-state index contributed by atoms with van der Waals surface area (Å²) in [7, 11) is 0. The molecule has 2 aliphatic carbocycles. The van der Waals surface area contributed by atoms with Gasteiger partial charge in [0, 0.05) is 5.71 Å². The maximum absolute atomic E-state index is 5.28. The van der Waals surface area contributed by atoms with E-state index in [2.05, 4.69) is 57.2 Å². The van der Waals surface area contributed by atoms with Crippen LogP contribution in [0.25, 0.3) is 6.08 Å². The quantitative estimate of drug-likeness (QED) is 0.662. The highest BCUT2D eigenvalue weighted by Gasteiger charge is 2.45. The van der Waals surface area contributed by atoms with Crippen molar-refractivity contribution in [3.63, 3.8) is 0 Å². The van der Waals surface area contributed by atoms with Crippen LogP contribution in [0.5, 0.6) is 0 Å². The maximum atomic E-state index is 5.28. The van der Waals surface area contributed by atoms with Crippen molar-refractivity contribution >= 4 is 11.8 Å². The molecular formula is C20H23N. The highest BCUT2D eigenvalue weighted by molar-refractivity contribution is 6.06. The summed E-state index contributed by atoms with van der Waals surface area (Å²) in [6.45, 7) is 7.07. The first-order chi connectivity index (χ1) is 10.1. The molecule has 1 aromatic rings. The van der Waals surface area contributed by atoms with Gasteiger partial charge >= 0.3 is 0 Å². The Morgan fingerprint density at radius 1 is 1.14 bits per heavy atom. The SMILES string of the molecule is CC[C@]12N=C3CCC(C)(C)CC3=C1C=Cc1ccccc12. The largest absolute Gasteiger partial charge is 0.273 e. The summed E-state index contributed by atoms with van der Waals surface area (Å²) in [5, 5.41) is 0. The Hall–Kier alpha value is -1.63. The first kappa shape index (κ1) is 13.1. The molecule has 1 heteroatoms. The van der Waals surface area contributed by atoms with E-state index in [9.17, 15) is 0 Å². The standard InChI is InChI=1S/C20H23N/c1-4-20-16-8-6-5-7-14(16)9-10-17(20)15-13-19(2,3)12-11-18(15)21-20/h5-10H,4,11-13H2,1-3H3/t20-/m1/s1. The van der Waals surface area contributed by atoms with Crippen molar-refractivity contribution in [2.24, 2.45) is 10.4 Å². The molecule has 0 amide bonds. The average Bonchev–Trinajstić information content (AvgIpc) is 2.80. The lowest BCUT2D eigenvalue weighted by atomic mass is 9.70. The van der Waals surface area contributed by atoms with Gasteiger partial charge in [-0.05, 0) is 53.4 Å². The fourth-order valence-corrected chi connectivity index (χ4v) is 4.29. The Balaban J connectivity index is 1.95. The van der Waals surface area contributed by atoms with Gasteiger partial charge in [0.15, 0.2) is 0 Å². The fraction of sp³-hybridized carbons (Fsp3) is 0.450. The van der Waals surface area contributed by atoms with Crippen LogP contribution < -0.4 is 0 Å². The molecule has 0 spiro atoms. The normalized spacial score (nSPS) is 28.8. The Bertz CT molecular complexity index is 702. The van der Waals surface area contributed by atoms with Crippen molar-refractivity contribution in [2.45, 2.75) is 52.0 Å². The van der Waals surface area contributed by atoms with Crippen LogP contribution in [0.3, 0.4) is 0 Å². The molecule has 0 bridgehead atoms. The molecule has 108 valence electrons. The van der Waals surface area contributed by atoms with Crippen LogP contribution in [0.15, 0.2) is 46.5 Å². The molecule has 0 saturated heterocycles. The summed E-state index contributed by atoms with van der Waals surface area (Å²) in [6, 6.07) is 8.78. The van der Waals surface area contributed by atoms with Crippen LogP contribution in [-0.4, -0.2) is 5.71 Å². The first-order valence-electron chi connectivity index (χ1n) is 8.16. The van der Waals surface area contributed by atoms with E-state index in [-0.39, 0.29) is 5.54 Å². The van der Waals surface area contributed by atoms with Gasteiger partial charge in [-0.25, -0.2) is 0 Å². The summed E-state index contributed by atoms with van der Waals surface area (Å²) in [5.41, 5.74) is 7.45. The highest BCUT2D eigenvalue weighted by Crippen LogP contribution is 2.53. The molecular weight excluding hydrogens is 254 g/mol. The molecule has 3 aliphatic rings. The molecule has 1 nitrogen and oxygen atoms in total. The molecule has 0 aromatic heterocycles. The van der Waals surface area contributed by atoms with Crippen molar-refractivity contribution in [1.82, 2.24) is 0 Å². The van der Waals surface area contributed by atoms with Crippen LogP contribution in [-0.2, 0) is 5.54 Å². The molecule has 1 saturated carbocycles. The zero-order valence-electron chi connectivity index (χ0n) is 13.2. The van der Waals surface area contributed by atoms with Gasteiger partial charge in [-0.3, -0.25) is 4.99 Å². The third-order valence-corrected chi connectivity index (χ3v) is 5.49. The van der Waals surface area contributed by atoms with Gasteiger partial charge in [0.25, 0.3) is 0 Å². The number of nitrogens with zero attached hydrogens (tertiary/aromatic N) is 1. The second kappa shape index (κ2) is 4.19. The van der Waals surface area contributed by atoms with Gasteiger partial charge < -0.3 is 0 Å². The predicted octanol–water partition coefficient (Wildman–Crippen LogP) is 5.28. The third-order valence-electron chi connectivity index (χ3n) is 5.49. The lowest BCUT2D eigenvalue weighted by Crippen LogP contribution is -2.26. The van der Waals surface area contributed by atoms with Gasteiger partial charge in [-0.1, -0.05) is 57.2 Å². The molecule has 0 N–H and O–H groups in total. The first-order valence-corrected chi connectivity index (χ1v) is 8.16. The van der Waals surface area contributed by atoms with Gasteiger partial charge in [-0.15, -0.1) is 0 Å². The van der Waals surface area contributed by atoms with Crippen LogP contribution in [0, 0.1) is 5.41 Å². The summed E-state index contributed by atoms with van der Waals surface area (Å²) < 4.78 is 0. The monoisotopic (exact) mass is 277 g/mol. The number of aliphatic imine (C=N–C) groups is 1. The van der Waals surface area contributed by atoms with Crippen molar-refractivity contribution in [3.8, 4) is 0 Å². The zero-order valence-corrected chi connectivity index (χ0v) is 13.2. The third kappa shape index (κ3) is 1.73. The van der Waals surface area contributed by atoms with Gasteiger partial charge in [0.05, 0.1) is 0 Å². The van der Waals surface area contributed by atoms with Crippen LogP contribution >= 0.6 is 0 Å². The second-order valence-electron chi connectivity index (χ2n) is 7.43. The zero-order chi connectivity index (χ0) is 14.7. The molecule has 1 fully saturated rings. The second-order valence-corrected chi connectivity index (χ2v) is 7.43. The summed E-state index contributed by atoms with van der Waals surface area (Å²) in [4.78, 5) is 5.28. The van der Waals surface area contributed by atoms with Crippen LogP contribution in [0.2, 0.25) is 0 Å². The number of benzene rings is 1. The number of hydrogen-bond acceptors (Lipinski definition) is 1. The van der Waals surface area contributed by atoms with Crippen LogP contribution in [0.4, 0.5) is 0 Å². The lowest BCUT2D eigenvalue weighted by molar-refractivity contribution is 0.330. The van der Waals surface area contributed by atoms with Gasteiger partial charge in [0.2, 0.25) is 0 Å². The predicted molar refractivity (Wildman–Crippen MR) is 89.5 cm³/mol. The van der Waals surface area contributed by atoms with E-state index in [1.807, 2.05) is 0 Å². The Kier molecular flexibility index (Phi) is 2.61. The van der Waals surface area contributed by atoms with E-state index in [1.54, 1.807) is 5.57 Å². The van der Waals surface area contributed by atoms with Crippen molar-refractivity contribution < 1.29 is 0 Å². The molecule has 0 radical (unpaired) electrons. The Labute approximate surface area is 127 Å². The minimum atomic E-state index is -0.101. The maximum Gasteiger partial charge on any atom is 0.112 e. The molecule has 1 aliphatic heterocycles. The van der Waals surface area contributed by atoms with Crippen LogP contribution in [0.1, 0.15) is 57.6 Å². The molecule has 4 rings (SSSR count). The summed E-state index contributed by atoms with van der Waals surface area (Å²) in [5.74, 6) is 0. The fourth-order valence-electron chi connectivity index (χ4n) is 4.29. The van der Waals surface area contributed by atoms with E-state index < -0.39 is 0 Å². The van der Waals surface area contributed by atoms with Gasteiger partial charge in [0.1, 0.15) is 5.54 Å². The molecule has 21 heavy (non-hydrogen) atoms. The van der Waals surface area contributed by atoms with Crippen molar-refractivity contribution in [1.29, 1.82) is 0 Å².